The number of hydrogen-bond acceptors (Lipinski definition) is 3. The third-order valence-corrected chi connectivity index (χ3v) is 3.14. The molecule has 1 aromatic heterocycles. The van der Waals surface area contributed by atoms with Gasteiger partial charge in [-0.25, -0.2) is 4.98 Å². The smallest absolute Gasteiger partial charge is 0.422 e. The lowest BCUT2D eigenvalue weighted by molar-refractivity contribution is -0.154. The molecule has 0 unspecified atom stereocenters. The van der Waals surface area contributed by atoms with Crippen molar-refractivity contribution in [1.29, 1.82) is 0 Å². The highest BCUT2D eigenvalue weighted by atomic mass is 35.5. The molecular formula is C14H12ClF3N2O. The van der Waals surface area contributed by atoms with Crippen LogP contribution in [0.1, 0.15) is 5.56 Å². The van der Waals surface area contributed by atoms with E-state index in [1.54, 1.807) is 25.1 Å². The molecule has 1 heterocycles. The van der Waals surface area contributed by atoms with Crippen molar-refractivity contribution in [3.05, 3.63) is 41.0 Å². The highest BCUT2D eigenvalue weighted by Gasteiger charge is 2.29. The lowest BCUT2D eigenvalue weighted by Gasteiger charge is -2.13. The number of alkyl halides is 3. The minimum atomic E-state index is -4.43. The molecule has 0 saturated heterocycles. The molecular weight excluding hydrogens is 305 g/mol. The van der Waals surface area contributed by atoms with Gasteiger partial charge in [0, 0.05) is 10.6 Å². The first kappa shape index (κ1) is 15.4. The summed E-state index contributed by atoms with van der Waals surface area (Å²) in [6.07, 6.45) is -3.19. The van der Waals surface area contributed by atoms with Gasteiger partial charge in [0.15, 0.2) is 6.61 Å². The summed E-state index contributed by atoms with van der Waals surface area (Å²) in [5.74, 6) is -0.122. The summed E-state index contributed by atoms with van der Waals surface area (Å²) >= 11 is 5.94. The summed E-state index contributed by atoms with van der Waals surface area (Å²) in [5.41, 5.74) is 7.79. The lowest BCUT2D eigenvalue weighted by atomic mass is 10.0. The number of aryl methyl sites for hydroxylation is 1. The number of rotatable bonds is 3. The zero-order chi connectivity index (χ0) is 15.6. The van der Waals surface area contributed by atoms with Crippen molar-refractivity contribution in [2.45, 2.75) is 13.1 Å². The second-order valence-corrected chi connectivity index (χ2v) is 4.90. The number of aromatic nitrogens is 1. The molecule has 0 radical (unpaired) electrons. The van der Waals surface area contributed by atoms with Gasteiger partial charge < -0.3 is 10.5 Å². The zero-order valence-electron chi connectivity index (χ0n) is 11.0. The second-order valence-electron chi connectivity index (χ2n) is 4.49. The number of pyridine rings is 1. The van der Waals surface area contributed by atoms with Crippen molar-refractivity contribution in [3.8, 4) is 17.0 Å². The van der Waals surface area contributed by atoms with Crippen LogP contribution in [-0.2, 0) is 0 Å². The minimum absolute atomic E-state index is 0.122. The number of anilines is 1. The van der Waals surface area contributed by atoms with Gasteiger partial charge in [0.05, 0.1) is 11.9 Å². The third kappa shape index (κ3) is 4.01. The minimum Gasteiger partial charge on any atom is -0.468 e. The number of nitrogens with two attached hydrogens (primary N) is 1. The van der Waals surface area contributed by atoms with Crippen molar-refractivity contribution < 1.29 is 17.9 Å². The van der Waals surface area contributed by atoms with E-state index in [1.807, 2.05) is 0 Å². The van der Waals surface area contributed by atoms with Crippen LogP contribution in [0.2, 0.25) is 5.02 Å². The predicted molar refractivity (Wildman–Crippen MR) is 75.4 cm³/mol. The first-order chi connectivity index (χ1) is 9.76. The molecule has 0 amide bonds. The standard InChI is InChI=1S/C14H12ClF3N2O/c1-8-4-9(2-3-12(8)15)11-5-10(19)6-20-13(11)21-7-14(16,17)18/h2-6H,7,19H2,1H3. The van der Waals surface area contributed by atoms with Gasteiger partial charge in [0.1, 0.15) is 0 Å². The molecule has 2 aromatic rings. The Labute approximate surface area is 124 Å². The van der Waals surface area contributed by atoms with Crippen LogP contribution in [-0.4, -0.2) is 17.8 Å². The average molecular weight is 317 g/mol. The Morgan fingerprint density at radius 1 is 1.29 bits per heavy atom. The SMILES string of the molecule is Cc1cc(-c2cc(N)cnc2OCC(F)(F)F)ccc1Cl. The number of hydrogen-bond donors (Lipinski definition) is 1. The number of ether oxygens (including phenoxy) is 1. The summed E-state index contributed by atoms with van der Waals surface area (Å²) in [4.78, 5) is 3.83. The van der Waals surface area contributed by atoms with Crippen molar-refractivity contribution in [3.63, 3.8) is 0 Å². The number of nitrogens with zero attached hydrogens (tertiary/aromatic N) is 1. The van der Waals surface area contributed by atoms with Crippen molar-refractivity contribution >= 4 is 17.3 Å². The van der Waals surface area contributed by atoms with Crippen LogP contribution in [0.4, 0.5) is 18.9 Å². The van der Waals surface area contributed by atoms with Gasteiger partial charge in [-0.3, -0.25) is 0 Å². The van der Waals surface area contributed by atoms with Gasteiger partial charge >= 0.3 is 6.18 Å². The topological polar surface area (TPSA) is 48.1 Å². The number of halogens is 4. The van der Waals surface area contributed by atoms with E-state index < -0.39 is 12.8 Å². The van der Waals surface area contributed by atoms with Crippen molar-refractivity contribution in [2.24, 2.45) is 0 Å². The first-order valence-electron chi connectivity index (χ1n) is 5.98. The average Bonchev–Trinajstić information content (AvgIpc) is 2.39. The Morgan fingerprint density at radius 3 is 2.62 bits per heavy atom. The van der Waals surface area contributed by atoms with E-state index in [0.717, 1.165) is 5.56 Å². The van der Waals surface area contributed by atoms with E-state index in [4.69, 9.17) is 22.1 Å². The van der Waals surface area contributed by atoms with Gasteiger partial charge in [0.25, 0.3) is 0 Å². The summed E-state index contributed by atoms with van der Waals surface area (Å²) in [6, 6.07) is 6.58. The Balaban J connectivity index is 2.41. The normalized spacial score (nSPS) is 11.5. The predicted octanol–water partition coefficient (Wildman–Crippen LogP) is 4.23. The van der Waals surface area contributed by atoms with Gasteiger partial charge in [-0.1, -0.05) is 17.7 Å². The van der Waals surface area contributed by atoms with E-state index in [2.05, 4.69) is 4.98 Å². The summed E-state index contributed by atoms with van der Waals surface area (Å²) in [6.45, 7) is 0.380. The van der Waals surface area contributed by atoms with Crippen molar-refractivity contribution in [2.75, 3.05) is 12.3 Å². The maximum atomic E-state index is 12.3. The highest BCUT2D eigenvalue weighted by molar-refractivity contribution is 6.31. The van der Waals surface area contributed by atoms with E-state index >= 15 is 0 Å². The fourth-order valence-corrected chi connectivity index (χ4v) is 1.87. The van der Waals surface area contributed by atoms with Crippen LogP contribution in [0, 0.1) is 6.92 Å². The van der Waals surface area contributed by atoms with Crippen LogP contribution >= 0.6 is 11.6 Å². The molecule has 7 heteroatoms. The highest BCUT2D eigenvalue weighted by Crippen LogP contribution is 2.32. The van der Waals surface area contributed by atoms with Gasteiger partial charge in [-0.2, -0.15) is 13.2 Å². The quantitative estimate of drug-likeness (QED) is 0.921. The molecule has 0 saturated carbocycles. The lowest BCUT2D eigenvalue weighted by Crippen LogP contribution is -2.20. The Morgan fingerprint density at radius 2 is 2.00 bits per heavy atom. The van der Waals surface area contributed by atoms with Crippen LogP contribution in [0.15, 0.2) is 30.5 Å². The number of benzene rings is 1. The van der Waals surface area contributed by atoms with Crippen LogP contribution in [0.25, 0.3) is 11.1 Å². The van der Waals surface area contributed by atoms with Gasteiger partial charge in [0.2, 0.25) is 5.88 Å². The second kappa shape index (κ2) is 5.81. The summed E-state index contributed by atoms with van der Waals surface area (Å²) in [7, 11) is 0. The maximum Gasteiger partial charge on any atom is 0.422 e. The van der Waals surface area contributed by atoms with E-state index in [0.29, 0.717) is 21.8 Å². The molecule has 0 bridgehead atoms. The summed E-state index contributed by atoms with van der Waals surface area (Å²) in [5, 5.41) is 0.563. The van der Waals surface area contributed by atoms with E-state index in [9.17, 15) is 13.2 Å². The molecule has 1 aromatic carbocycles. The number of nitrogen functional groups attached to an aromatic ring is 1. The molecule has 2 rings (SSSR count). The fourth-order valence-electron chi connectivity index (χ4n) is 1.75. The molecule has 0 aliphatic carbocycles. The molecule has 3 nitrogen and oxygen atoms in total. The molecule has 2 N–H and O–H groups in total. The zero-order valence-corrected chi connectivity index (χ0v) is 11.8. The van der Waals surface area contributed by atoms with Crippen LogP contribution in [0.5, 0.6) is 5.88 Å². The monoisotopic (exact) mass is 316 g/mol. The van der Waals surface area contributed by atoms with Gasteiger partial charge in [-0.05, 0) is 36.2 Å². The van der Waals surface area contributed by atoms with Crippen LogP contribution < -0.4 is 10.5 Å². The molecule has 0 fully saturated rings. The van der Waals surface area contributed by atoms with E-state index in [-0.39, 0.29) is 5.88 Å². The van der Waals surface area contributed by atoms with Crippen molar-refractivity contribution in [1.82, 2.24) is 4.98 Å². The Bertz CT molecular complexity index is 659. The maximum absolute atomic E-state index is 12.3. The van der Waals surface area contributed by atoms with Crippen LogP contribution in [0.3, 0.4) is 0 Å². The van der Waals surface area contributed by atoms with E-state index in [1.165, 1.54) is 12.3 Å². The molecule has 21 heavy (non-hydrogen) atoms. The Kier molecular flexibility index (Phi) is 4.27. The molecule has 112 valence electrons. The fraction of sp³-hybridized carbons (Fsp3) is 0.214. The molecule has 0 aliphatic heterocycles. The summed E-state index contributed by atoms with van der Waals surface area (Å²) < 4.78 is 41.6. The Hall–Kier alpha value is -1.95. The molecule has 0 aliphatic rings. The van der Waals surface area contributed by atoms with Gasteiger partial charge in [-0.15, -0.1) is 0 Å². The third-order valence-electron chi connectivity index (χ3n) is 2.71. The molecule has 0 atom stereocenters. The molecule has 0 spiro atoms. The largest absolute Gasteiger partial charge is 0.468 e. The first-order valence-corrected chi connectivity index (χ1v) is 6.35.